The van der Waals surface area contributed by atoms with Gasteiger partial charge in [0.15, 0.2) is 0 Å². The van der Waals surface area contributed by atoms with Crippen LogP contribution in [0.1, 0.15) is 0 Å². The largest absolute Gasteiger partial charge is 0.471 e. The van der Waals surface area contributed by atoms with Crippen molar-refractivity contribution < 1.29 is 42.5 Å². The van der Waals surface area contributed by atoms with Crippen LogP contribution in [0.15, 0.2) is 0 Å². The predicted molar refractivity (Wildman–Crippen MR) is 36.3 cm³/mol. The van der Waals surface area contributed by atoms with Gasteiger partial charge in [0.2, 0.25) is 0 Å². The molecule has 1 heterocycles. The van der Waals surface area contributed by atoms with Gasteiger partial charge in [-0.1, -0.05) is 0 Å². The Labute approximate surface area is 84.8 Å². The van der Waals surface area contributed by atoms with Crippen molar-refractivity contribution >= 4 is 17.7 Å². The molecular formula is C6H4F3NO6. The van der Waals surface area contributed by atoms with E-state index in [1.807, 2.05) is 0 Å². The molecule has 0 spiro atoms. The van der Waals surface area contributed by atoms with Crippen molar-refractivity contribution in [1.29, 1.82) is 0 Å². The van der Waals surface area contributed by atoms with Gasteiger partial charge < -0.3 is 20.3 Å². The van der Waals surface area contributed by atoms with Gasteiger partial charge in [-0.15, -0.1) is 0 Å². The summed E-state index contributed by atoms with van der Waals surface area (Å²) in [6.45, 7) is 0. The third-order valence-electron chi connectivity index (χ3n) is 1.65. The fourth-order valence-electron chi connectivity index (χ4n) is 0.867. The average molecular weight is 243 g/mol. The minimum Gasteiger partial charge on any atom is -0.424 e. The van der Waals surface area contributed by atoms with E-state index in [2.05, 4.69) is 4.74 Å². The number of ketones is 1. The molecule has 0 aromatic carbocycles. The predicted octanol–water partition coefficient (Wildman–Crippen LogP) is -2.20. The molecule has 16 heavy (non-hydrogen) atoms. The zero-order valence-electron chi connectivity index (χ0n) is 7.24. The summed E-state index contributed by atoms with van der Waals surface area (Å²) in [6, 6.07) is 0. The number of amides is 1. The lowest BCUT2D eigenvalue weighted by Gasteiger charge is -2.18. The molecular weight excluding hydrogens is 239 g/mol. The number of cyclic esters (lactones) is 1. The summed E-state index contributed by atoms with van der Waals surface area (Å²) in [5.74, 6) is -6.40. The Morgan fingerprint density at radius 2 is 1.94 bits per heavy atom. The molecule has 0 aromatic heterocycles. The van der Waals surface area contributed by atoms with E-state index in [1.54, 1.807) is 0 Å². The Morgan fingerprint density at radius 1 is 1.44 bits per heavy atom. The van der Waals surface area contributed by atoms with E-state index in [9.17, 15) is 27.6 Å². The summed E-state index contributed by atoms with van der Waals surface area (Å²) >= 11 is 0. The lowest BCUT2D eigenvalue weighted by atomic mass is 10.1. The number of carbonyl (C=O) groups excluding carboxylic acids is 3. The van der Waals surface area contributed by atoms with Crippen LogP contribution in [0.25, 0.3) is 0 Å². The fourth-order valence-corrected chi connectivity index (χ4v) is 0.867. The van der Waals surface area contributed by atoms with Crippen LogP contribution < -0.4 is 5.32 Å². The summed E-state index contributed by atoms with van der Waals surface area (Å²) < 4.78 is 39.1. The molecule has 10 heteroatoms. The number of aliphatic hydroxyl groups is 2. The average Bonchev–Trinajstić information content (AvgIpc) is 2.29. The first kappa shape index (κ1) is 12.4. The van der Waals surface area contributed by atoms with Crippen molar-refractivity contribution in [3.05, 3.63) is 0 Å². The van der Waals surface area contributed by atoms with Crippen LogP contribution >= 0.6 is 0 Å². The maximum atomic E-state index is 11.8. The molecule has 0 aromatic rings. The number of nitrogens with one attached hydrogen (secondary N) is 1. The van der Waals surface area contributed by atoms with Gasteiger partial charge in [-0.3, -0.25) is 9.59 Å². The molecule has 3 N–H and O–H groups in total. The van der Waals surface area contributed by atoms with Crippen LogP contribution in [0.3, 0.4) is 0 Å². The van der Waals surface area contributed by atoms with Crippen LogP contribution in [0, 0.1) is 0 Å². The van der Waals surface area contributed by atoms with Crippen LogP contribution in [0.5, 0.6) is 0 Å². The van der Waals surface area contributed by atoms with Crippen LogP contribution in [-0.4, -0.2) is 46.1 Å². The quantitative estimate of drug-likeness (QED) is 0.273. The number of halogens is 3. The van der Waals surface area contributed by atoms with Crippen LogP contribution in [-0.2, 0) is 19.1 Å². The summed E-state index contributed by atoms with van der Waals surface area (Å²) in [7, 11) is 0. The van der Waals surface area contributed by atoms with E-state index in [4.69, 9.17) is 10.2 Å². The molecule has 1 fully saturated rings. The van der Waals surface area contributed by atoms with Gasteiger partial charge in [0.1, 0.15) is 0 Å². The van der Waals surface area contributed by atoms with E-state index in [-0.39, 0.29) is 0 Å². The van der Waals surface area contributed by atoms with E-state index >= 15 is 0 Å². The second-order valence-corrected chi connectivity index (χ2v) is 2.78. The van der Waals surface area contributed by atoms with Gasteiger partial charge in [0.05, 0.1) is 0 Å². The highest BCUT2D eigenvalue weighted by atomic mass is 19.4. The number of alkyl halides is 3. The molecule has 0 bridgehead atoms. The second kappa shape index (κ2) is 3.42. The standard InChI is InChI=1S/C6H4F3NO6/c7-6(8,9)3(13)10-5(15)1(11)2(12)16-4(5)14/h2,12,15H,(H,10,13)/t2?,5-/m1/s1. The Kier molecular flexibility index (Phi) is 2.65. The number of hydrogen-bond acceptors (Lipinski definition) is 6. The Hall–Kier alpha value is -1.68. The maximum Gasteiger partial charge on any atom is 0.471 e. The summed E-state index contributed by atoms with van der Waals surface area (Å²) in [5.41, 5.74) is -3.51. The second-order valence-electron chi connectivity index (χ2n) is 2.78. The number of ether oxygens (including phenoxy) is 1. The van der Waals surface area contributed by atoms with Gasteiger partial charge in [-0.25, -0.2) is 4.79 Å². The molecule has 0 aliphatic carbocycles. The van der Waals surface area contributed by atoms with Gasteiger partial charge in [0, 0.05) is 0 Å². The summed E-state index contributed by atoms with van der Waals surface area (Å²) in [6.07, 6.45) is -7.81. The topological polar surface area (TPSA) is 113 Å². The highest BCUT2D eigenvalue weighted by Crippen LogP contribution is 2.21. The number of Topliss-reactive ketones (excluding diaryl/α,β-unsaturated/α-hetero) is 1. The fraction of sp³-hybridized carbons (Fsp3) is 0.500. The molecule has 7 nitrogen and oxygen atoms in total. The molecule has 1 aliphatic heterocycles. The molecule has 0 radical (unpaired) electrons. The first-order valence-electron chi connectivity index (χ1n) is 3.64. The van der Waals surface area contributed by atoms with Gasteiger partial charge in [-0.05, 0) is 0 Å². The van der Waals surface area contributed by atoms with E-state index < -0.39 is 35.9 Å². The van der Waals surface area contributed by atoms with Gasteiger partial charge in [0.25, 0.3) is 12.1 Å². The Balaban J connectivity index is 2.92. The monoisotopic (exact) mass is 243 g/mol. The molecule has 0 saturated carbocycles. The maximum absolute atomic E-state index is 11.8. The minimum atomic E-state index is -5.40. The summed E-state index contributed by atoms with van der Waals surface area (Å²) in [4.78, 5) is 32.0. The van der Waals surface area contributed by atoms with Gasteiger partial charge in [-0.2, -0.15) is 13.2 Å². The summed E-state index contributed by atoms with van der Waals surface area (Å²) in [5, 5.41) is 18.5. The van der Waals surface area contributed by atoms with Crippen molar-refractivity contribution in [2.24, 2.45) is 0 Å². The molecule has 1 saturated heterocycles. The minimum absolute atomic E-state index is 0.733. The number of carbonyl (C=O) groups is 3. The number of rotatable bonds is 1. The molecule has 90 valence electrons. The highest BCUT2D eigenvalue weighted by molar-refractivity contribution is 6.14. The van der Waals surface area contributed by atoms with Crippen molar-refractivity contribution in [3.8, 4) is 0 Å². The highest BCUT2D eigenvalue weighted by Gasteiger charge is 2.60. The van der Waals surface area contributed by atoms with Crippen LogP contribution in [0.2, 0.25) is 0 Å². The van der Waals surface area contributed by atoms with Crippen molar-refractivity contribution in [1.82, 2.24) is 5.32 Å². The normalized spacial score (nSPS) is 30.2. The van der Waals surface area contributed by atoms with Crippen LogP contribution in [0.4, 0.5) is 13.2 Å². The molecule has 1 rings (SSSR count). The third-order valence-corrected chi connectivity index (χ3v) is 1.65. The number of hydrogen-bond donors (Lipinski definition) is 3. The first-order valence-corrected chi connectivity index (χ1v) is 3.64. The van der Waals surface area contributed by atoms with Crippen molar-refractivity contribution in [2.45, 2.75) is 18.2 Å². The van der Waals surface area contributed by atoms with Gasteiger partial charge >= 0.3 is 23.8 Å². The lowest BCUT2D eigenvalue weighted by Crippen LogP contribution is -2.60. The number of aliphatic hydroxyl groups excluding tert-OH is 1. The third kappa shape index (κ3) is 1.84. The van der Waals surface area contributed by atoms with Crippen molar-refractivity contribution in [2.75, 3.05) is 0 Å². The molecule has 1 aliphatic rings. The van der Waals surface area contributed by atoms with Crippen molar-refractivity contribution in [3.63, 3.8) is 0 Å². The molecule has 1 unspecified atom stereocenters. The Morgan fingerprint density at radius 3 is 2.25 bits per heavy atom. The van der Waals surface area contributed by atoms with E-state index in [0.29, 0.717) is 0 Å². The Bertz CT molecular complexity index is 366. The smallest absolute Gasteiger partial charge is 0.424 e. The van der Waals surface area contributed by atoms with E-state index in [1.165, 1.54) is 0 Å². The van der Waals surface area contributed by atoms with E-state index in [0.717, 1.165) is 5.32 Å². The number of esters is 1. The zero-order chi connectivity index (χ0) is 12.7. The SMILES string of the molecule is O=C(N[C@]1(O)C(=O)OC(O)C1=O)C(F)(F)F. The zero-order valence-corrected chi connectivity index (χ0v) is 7.24. The first-order chi connectivity index (χ1) is 7.09. The lowest BCUT2D eigenvalue weighted by molar-refractivity contribution is -0.184. The molecule has 1 amide bonds. The molecule has 2 atom stereocenters.